The van der Waals surface area contributed by atoms with Crippen LogP contribution >= 0.6 is 0 Å². The van der Waals surface area contributed by atoms with Crippen molar-refractivity contribution >= 4 is 63.6 Å². The summed E-state index contributed by atoms with van der Waals surface area (Å²) in [6.45, 7) is 14.4. The molecule has 3 fully saturated rings. The van der Waals surface area contributed by atoms with Gasteiger partial charge >= 0.3 is 0 Å². The molecule has 0 spiro atoms. The van der Waals surface area contributed by atoms with Gasteiger partial charge in [-0.05, 0) is 86.1 Å². The van der Waals surface area contributed by atoms with Crippen LogP contribution in [0.5, 0.6) is 0 Å². The molecule has 8 heterocycles. The first kappa shape index (κ1) is 43.8. The van der Waals surface area contributed by atoms with Crippen molar-refractivity contribution in [2.24, 2.45) is 0 Å². The van der Waals surface area contributed by atoms with E-state index in [2.05, 4.69) is 75.9 Å². The highest BCUT2D eigenvalue weighted by Gasteiger charge is 2.45. The van der Waals surface area contributed by atoms with Gasteiger partial charge in [0.1, 0.15) is 17.6 Å². The summed E-state index contributed by atoms with van der Waals surface area (Å²) in [6, 6.07) is 14.6. The largest absolute Gasteiger partial charge is 0.379 e. The number of tetrazole rings is 1. The summed E-state index contributed by atoms with van der Waals surface area (Å²) < 4.78 is 7.79. The zero-order chi connectivity index (χ0) is 46.5. The summed E-state index contributed by atoms with van der Waals surface area (Å²) in [5.74, 6) is -0.751. The topological polar surface area (TPSA) is 223 Å². The molecule has 1 unspecified atom stereocenters. The van der Waals surface area contributed by atoms with Gasteiger partial charge in [0.05, 0.1) is 42.0 Å². The number of nitrogens with zero attached hydrogens (tertiary/aromatic N) is 12. The van der Waals surface area contributed by atoms with Gasteiger partial charge in [-0.25, -0.2) is 9.67 Å². The first-order valence-electron chi connectivity index (χ1n) is 22.8. The van der Waals surface area contributed by atoms with Crippen molar-refractivity contribution in [3.05, 3.63) is 77.1 Å². The summed E-state index contributed by atoms with van der Waals surface area (Å²) in [4.78, 5) is 81.1. The molecule has 3 aromatic heterocycles. The number of imide groups is 2. The van der Waals surface area contributed by atoms with Crippen molar-refractivity contribution < 1.29 is 28.7 Å². The molecule has 0 bridgehead atoms. The highest BCUT2D eigenvalue weighted by Crippen LogP contribution is 2.34. The first-order valence-corrected chi connectivity index (χ1v) is 22.8. The summed E-state index contributed by atoms with van der Waals surface area (Å²) in [5.41, 5.74) is 6.01. The van der Waals surface area contributed by atoms with Gasteiger partial charge in [0.15, 0.2) is 0 Å². The predicted molar refractivity (Wildman–Crippen MR) is 247 cm³/mol. The third kappa shape index (κ3) is 8.37. The normalized spacial score (nSPS) is 21.6. The van der Waals surface area contributed by atoms with Gasteiger partial charge in [0.2, 0.25) is 17.8 Å². The second kappa shape index (κ2) is 17.9. The fourth-order valence-corrected chi connectivity index (χ4v) is 9.99. The van der Waals surface area contributed by atoms with E-state index < -0.39 is 29.7 Å². The molecule has 3 saturated heterocycles. The van der Waals surface area contributed by atoms with Crippen LogP contribution in [0.15, 0.2) is 66.0 Å². The van der Waals surface area contributed by atoms with Gasteiger partial charge in [-0.2, -0.15) is 5.10 Å². The maximum absolute atomic E-state index is 13.5. The van der Waals surface area contributed by atoms with Crippen LogP contribution in [0.25, 0.3) is 22.2 Å². The lowest BCUT2D eigenvalue weighted by Crippen LogP contribution is -2.57. The van der Waals surface area contributed by atoms with E-state index in [-0.39, 0.29) is 42.9 Å². The minimum atomic E-state index is -0.982. The van der Waals surface area contributed by atoms with Gasteiger partial charge in [0, 0.05) is 112 Å². The molecule has 10 rings (SSSR count). The van der Waals surface area contributed by atoms with Crippen molar-refractivity contribution in [2.45, 2.75) is 58.3 Å². The zero-order valence-electron chi connectivity index (χ0n) is 37.9. The molecule has 0 saturated carbocycles. The van der Waals surface area contributed by atoms with Gasteiger partial charge in [0.25, 0.3) is 17.7 Å². The molecule has 5 aromatic rings. The minimum absolute atomic E-state index is 0.0855. The van der Waals surface area contributed by atoms with E-state index >= 15 is 0 Å². The molecule has 2 aromatic carbocycles. The summed E-state index contributed by atoms with van der Waals surface area (Å²) in [5, 5.41) is 25.8. The molecule has 3 N–H and O–H groups in total. The summed E-state index contributed by atoms with van der Waals surface area (Å²) in [7, 11) is 1.84. The Bertz CT molecular complexity index is 2800. The lowest BCUT2D eigenvalue weighted by atomic mass is 10.0. The van der Waals surface area contributed by atoms with Crippen LogP contribution in [-0.4, -0.2) is 170 Å². The third-order valence-electron chi connectivity index (χ3n) is 13.8. The molecule has 3 atom stereocenters. The maximum Gasteiger partial charge on any atom is 0.262 e. The van der Waals surface area contributed by atoms with Crippen LogP contribution in [0, 0.1) is 0 Å². The number of rotatable bonds is 12. The molecular weight excluding hydrogens is 859 g/mol. The van der Waals surface area contributed by atoms with E-state index in [1.165, 1.54) is 0 Å². The molecule has 5 aliphatic heterocycles. The monoisotopic (exact) mass is 911 g/mol. The number of fused-ring (bicyclic) bond motifs is 3. The molecule has 21 heteroatoms. The van der Waals surface area contributed by atoms with Crippen molar-refractivity contribution in [3.63, 3.8) is 0 Å². The third-order valence-corrected chi connectivity index (χ3v) is 13.8. The SMILES string of the molecule is CC1=C(C(=O)Nc2ccc3[nH]nc(-c4ccnc(N5C[C@@H](C)N(CCOCCN6CCN(c7ccc8c(c7)C(=O)N(C7CCC(=O)NC7=O)C8=O)CC6)[C@@H](C)C5)c4)c3c2)Cn2nnnc2N1C. The molecule has 0 aliphatic carbocycles. The predicted octanol–water partition coefficient (Wildman–Crippen LogP) is 2.11. The van der Waals surface area contributed by atoms with Crippen LogP contribution < -0.4 is 25.3 Å². The number of pyridine rings is 1. The Balaban J connectivity index is 0.684. The fourth-order valence-electron chi connectivity index (χ4n) is 9.99. The lowest BCUT2D eigenvalue weighted by Gasteiger charge is -2.45. The van der Waals surface area contributed by atoms with E-state index in [9.17, 15) is 24.0 Å². The van der Waals surface area contributed by atoms with Crippen molar-refractivity contribution in [1.29, 1.82) is 0 Å². The Morgan fingerprint density at radius 1 is 0.896 bits per heavy atom. The van der Waals surface area contributed by atoms with Crippen LogP contribution in [0.1, 0.15) is 54.3 Å². The van der Waals surface area contributed by atoms with Gasteiger partial charge in [-0.1, -0.05) is 5.10 Å². The zero-order valence-corrected chi connectivity index (χ0v) is 37.9. The van der Waals surface area contributed by atoms with E-state index in [0.29, 0.717) is 36.0 Å². The Hall–Kier alpha value is -7.10. The minimum Gasteiger partial charge on any atom is -0.379 e. The van der Waals surface area contributed by atoms with Gasteiger partial charge < -0.3 is 24.8 Å². The number of nitrogens with one attached hydrogen (secondary N) is 3. The standard InChI is InChI=1S/C46H53N15O6/c1-27-24-58(39-21-30(11-12-47-39)41-35-22-31(5-8-37(35)50-51-41)48-42(63)36-26-60-46(52-53-54-60)55(4)29(36)3)25-28(2)59(27)18-20-67-19-17-56-13-15-57(16-14-56)32-6-7-33-34(23-32)45(66)61(44(33)65)38-9-10-40(62)49-43(38)64/h5-8,11-12,21-23,27-28,38H,9-10,13-20,24-26H2,1-4H3,(H,48,63)(H,50,51)(H,49,62,64)/t27-,28+,38?. The highest BCUT2D eigenvalue weighted by molar-refractivity contribution is 6.23. The van der Waals surface area contributed by atoms with Crippen molar-refractivity contribution in [3.8, 4) is 11.3 Å². The number of hydrogen-bond donors (Lipinski definition) is 3. The van der Waals surface area contributed by atoms with Crippen LogP contribution in [0.2, 0.25) is 0 Å². The average molecular weight is 912 g/mol. The number of piperidine rings is 1. The maximum atomic E-state index is 13.5. The van der Waals surface area contributed by atoms with E-state index in [0.717, 1.165) is 96.6 Å². The number of aromatic nitrogens is 7. The second-order valence-corrected chi connectivity index (χ2v) is 17.9. The quantitative estimate of drug-likeness (QED) is 0.120. The molecule has 5 aliphatic rings. The first-order chi connectivity index (χ1) is 32.4. The van der Waals surface area contributed by atoms with E-state index in [4.69, 9.17) is 9.72 Å². The van der Waals surface area contributed by atoms with E-state index in [1.54, 1.807) is 16.8 Å². The fraction of sp³-hybridized carbons (Fsp3) is 0.435. The second-order valence-electron chi connectivity index (χ2n) is 17.9. The number of carbonyl (C=O) groups excluding carboxylic acids is 5. The number of allylic oxidation sites excluding steroid dienone is 1. The average Bonchev–Trinajstić information content (AvgIpc) is 4.04. The molecule has 5 amide bonds. The number of anilines is 4. The molecule has 0 radical (unpaired) electrons. The molecular formula is C46H53N15O6. The molecule has 348 valence electrons. The van der Waals surface area contributed by atoms with Gasteiger partial charge in [-0.15, -0.1) is 0 Å². The van der Waals surface area contributed by atoms with Crippen molar-refractivity contribution in [2.75, 3.05) is 92.6 Å². The number of benzene rings is 2. The van der Waals surface area contributed by atoms with E-state index in [1.807, 2.05) is 55.4 Å². The number of amides is 5. The van der Waals surface area contributed by atoms with Crippen LogP contribution in [0.3, 0.4) is 0 Å². The Morgan fingerprint density at radius 3 is 2.46 bits per heavy atom. The number of piperazine rings is 2. The Kier molecular flexibility index (Phi) is 11.7. The summed E-state index contributed by atoms with van der Waals surface area (Å²) in [6.07, 6.45) is 2.04. The van der Waals surface area contributed by atoms with Crippen LogP contribution in [-0.2, 0) is 25.7 Å². The smallest absolute Gasteiger partial charge is 0.262 e. The van der Waals surface area contributed by atoms with Gasteiger partial charge in [-0.3, -0.25) is 49.1 Å². The molecule has 21 nitrogen and oxygen atoms in total. The molecule has 67 heavy (non-hydrogen) atoms. The number of hydrogen-bond acceptors (Lipinski definition) is 16. The highest BCUT2D eigenvalue weighted by atomic mass is 16.5. The van der Waals surface area contributed by atoms with Crippen LogP contribution in [0.4, 0.5) is 23.1 Å². The Morgan fingerprint density at radius 2 is 1.67 bits per heavy atom. The summed E-state index contributed by atoms with van der Waals surface area (Å²) >= 11 is 0. The Labute approximate surface area is 386 Å². The number of ether oxygens (including phenoxy) is 1. The number of carbonyl (C=O) groups is 5. The lowest BCUT2D eigenvalue weighted by molar-refractivity contribution is -0.136. The van der Waals surface area contributed by atoms with Crippen molar-refractivity contribution in [1.82, 2.24) is 55.4 Å². The number of H-pyrrole nitrogens is 1. The number of aromatic amines is 1.